The lowest BCUT2D eigenvalue weighted by Gasteiger charge is -2.19. The van der Waals surface area contributed by atoms with Crippen molar-refractivity contribution in [2.45, 2.75) is 27.3 Å². The van der Waals surface area contributed by atoms with E-state index in [1.54, 1.807) is 24.3 Å². The van der Waals surface area contributed by atoms with Gasteiger partial charge >= 0.3 is 11.7 Å². The van der Waals surface area contributed by atoms with E-state index in [1.165, 1.54) is 0 Å². The summed E-state index contributed by atoms with van der Waals surface area (Å²) < 4.78 is 0.977. The number of aryl methyl sites for hydroxylation is 1. The maximum Gasteiger partial charge on any atom is 0.352 e. The Labute approximate surface area is 139 Å². The highest BCUT2D eigenvalue weighted by Gasteiger charge is 2.21. The predicted octanol–water partition coefficient (Wildman–Crippen LogP) is 1.37. The van der Waals surface area contributed by atoms with E-state index < -0.39 is 17.2 Å². The van der Waals surface area contributed by atoms with Crippen molar-refractivity contribution in [2.75, 3.05) is 13.1 Å². The molecule has 7 nitrogen and oxygen atoms in total. The number of aromatic amines is 1. The highest BCUT2D eigenvalue weighted by Crippen LogP contribution is 2.08. The molecule has 128 valence electrons. The molecule has 0 aliphatic carbocycles. The number of H-pyrrole nitrogens is 1. The maximum absolute atomic E-state index is 12.8. The van der Waals surface area contributed by atoms with Crippen molar-refractivity contribution in [1.82, 2.24) is 14.5 Å². The molecular weight excluding hydrogens is 310 g/mol. The van der Waals surface area contributed by atoms with Gasteiger partial charge in [0.2, 0.25) is 0 Å². The van der Waals surface area contributed by atoms with Crippen molar-refractivity contribution >= 4 is 5.97 Å². The molecule has 0 fully saturated rings. The molecule has 0 saturated carbocycles. The Kier molecular flexibility index (Phi) is 5.35. The number of benzene rings is 1. The van der Waals surface area contributed by atoms with Crippen molar-refractivity contribution in [1.29, 1.82) is 0 Å². The monoisotopic (exact) mass is 331 g/mol. The molecule has 2 N–H and O–H groups in total. The third-order valence-electron chi connectivity index (χ3n) is 3.98. The van der Waals surface area contributed by atoms with Gasteiger partial charge in [-0.1, -0.05) is 31.5 Å². The van der Waals surface area contributed by atoms with Gasteiger partial charge in [0.15, 0.2) is 0 Å². The van der Waals surface area contributed by atoms with E-state index in [1.807, 2.05) is 25.7 Å². The van der Waals surface area contributed by atoms with E-state index in [-0.39, 0.29) is 17.8 Å². The number of nitrogens with one attached hydrogen (secondary N) is 1. The first-order chi connectivity index (χ1) is 11.4. The number of hydrogen-bond acceptors (Lipinski definition) is 4. The topological polar surface area (TPSA) is 95.4 Å². The van der Waals surface area contributed by atoms with Crippen LogP contribution in [0, 0.1) is 6.92 Å². The number of carbonyl (C=O) groups is 1. The second-order valence-corrected chi connectivity index (χ2v) is 5.53. The van der Waals surface area contributed by atoms with Crippen LogP contribution in [0.4, 0.5) is 0 Å². The minimum absolute atomic E-state index is 0.0753. The molecule has 0 aliphatic heterocycles. The number of rotatable bonds is 6. The number of hydrogen-bond donors (Lipinski definition) is 2. The van der Waals surface area contributed by atoms with E-state index in [2.05, 4.69) is 4.98 Å². The lowest BCUT2D eigenvalue weighted by molar-refractivity contribution is 0.0686. The van der Waals surface area contributed by atoms with Crippen LogP contribution in [0.3, 0.4) is 0 Å². The standard InChI is InChI=1S/C17H21N3O4/c1-4-19(5-2)10-13-14(16(22)23)18-17(24)20(15(13)21)12-8-6-11(3)7-9-12/h6-9H,4-5,10H2,1-3H3,(H,18,24)(H,22,23). The van der Waals surface area contributed by atoms with Crippen LogP contribution in [0.15, 0.2) is 33.9 Å². The highest BCUT2D eigenvalue weighted by atomic mass is 16.4. The minimum Gasteiger partial charge on any atom is -0.477 e. The van der Waals surface area contributed by atoms with Gasteiger partial charge in [-0.2, -0.15) is 0 Å². The smallest absolute Gasteiger partial charge is 0.352 e. The van der Waals surface area contributed by atoms with Crippen LogP contribution < -0.4 is 11.2 Å². The van der Waals surface area contributed by atoms with E-state index >= 15 is 0 Å². The molecule has 0 bridgehead atoms. The van der Waals surface area contributed by atoms with Gasteiger partial charge in [0.05, 0.1) is 11.3 Å². The molecule has 0 saturated heterocycles. The Balaban J connectivity index is 2.70. The number of aromatic carboxylic acids is 1. The summed E-state index contributed by atoms with van der Waals surface area (Å²) in [6, 6.07) is 6.90. The summed E-state index contributed by atoms with van der Waals surface area (Å²) in [6.45, 7) is 7.24. The Morgan fingerprint density at radius 2 is 1.75 bits per heavy atom. The molecule has 2 rings (SSSR count). The van der Waals surface area contributed by atoms with Gasteiger partial charge in [-0.15, -0.1) is 0 Å². The lowest BCUT2D eigenvalue weighted by Crippen LogP contribution is -2.40. The lowest BCUT2D eigenvalue weighted by atomic mass is 10.2. The van der Waals surface area contributed by atoms with Crippen LogP contribution in [0.5, 0.6) is 0 Å². The summed E-state index contributed by atoms with van der Waals surface area (Å²) in [5.74, 6) is -1.32. The molecule has 1 aromatic heterocycles. The molecule has 0 atom stereocenters. The van der Waals surface area contributed by atoms with Gasteiger partial charge in [0.25, 0.3) is 5.56 Å². The third kappa shape index (κ3) is 3.46. The molecule has 0 aliphatic rings. The predicted molar refractivity (Wildman–Crippen MR) is 91.0 cm³/mol. The molecule has 0 unspecified atom stereocenters. The highest BCUT2D eigenvalue weighted by molar-refractivity contribution is 5.86. The van der Waals surface area contributed by atoms with Crippen LogP contribution in [-0.2, 0) is 6.54 Å². The van der Waals surface area contributed by atoms with Gasteiger partial charge in [-0.25, -0.2) is 14.2 Å². The summed E-state index contributed by atoms with van der Waals surface area (Å²) in [4.78, 5) is 40.8. The van der Waals surface area contributed by atoms with E-state index in [9.17, 15) is 19.5 Å². The molecule has 1 heterocycles. The molecular formula is C17H21N3O4. The zero-order valence-corrected chi connectivity index (χ0v) is 14.0. The number of aromatic nitrogens is 2. The minimum atomic E-state index is -1.32. The molecule has 0 spiro atoms. The zero-order chi connectivity index (χ0) is 17.9. The first-order valence-electron chi connectivity index (χ1n) is 7.79. The van der Waals surface area contributed by atoms with Gasteiger partial charge in [0.1, 0.15) is 5.69 Å². The molecule has 1 aromatic carbocycles. The van der Waals surface area contributed by atoms with Crippen LogP contribution in [-0.4, -0.2) is 38.6 Å². The SMILES string of the molecule is CCN(CC)Cc1c(C(=O)O)[nH]c(=O)n(-c2ccc(C)cc2)c1=O. The Morgan fingerprint density at radius 3 is 2.25 bits per heavy atom. The Hall–Kier alpha value is -2.67. The second-order valence-electron chi connectivity index (χ2n) is 5.53. The van der Waals surface area contributed by atoms with Crippen LogP contribution in [0.25, 0.3) is 5.69 Å². The van der Waals surface area contributed by atoms with Crippen molar-refractivity contribution in [3.63, 3.8) is 0 Å². The van der Waals surface area contributed by atoms with Crippen molar-refractivity contribution in [3.8, 4) is 5.69 Å². The Bertz CT molecular complexity index is 846. The first-order valence-corrected chi connectivity index (χ1v) is 7.79. The molecule has 0 radical (unpaired) electrons. The third-order valence-corrected chi connectivity index (χ3v) is 3.98. The molecule has 7 heteroatoms. The fourth-order valence-corrected chi connectivity index (χ4v) is 2.50. The van der Waals surface area contributed by atoms with Gasteiger partial charge < -0.3 is 10.1 Å². The van der Waals surface area contributed by atoms with E-state index in [0.29, 0.717) is 18.8 Å². The van der Waals surface area contributed by atoms with Crippen LogP contribution in [0.1, 0.15) is 35.5 Å². The van der Waals surface area contributed by atoms with Crippen molar-refractivity contribution in [2.24, 2.45) is 0 Å². The van der Waals surface area contributed by atoms with Crippen LogP contribution >= 0.6 is 0 Å². The number of carboxylic acid groups (broad SMARTS) is 1. The summed E-state index contributed by atoms with van der Waals surface area (Å²) in [6.07, 6.45) is 0. The van der Waals surface area contributed by atoms with Crippen LogP contribution in [0.2, 0.25) is 0 Å². The van der Waals surface area contributed by atoms with Crippen molar-refractivity contribution < 1.29 is 9.90 Å². The van der Waals surface area contributed by atoms with Crippen molar-refractivity contribution in [3.05, 3.63) is 61.9 Å². The van der Waals surface area contributed by atoms with Gasteiger partial charge in [-0.3, -0.25) is 9.69 Å². The van der Waals surface area contributed by atoms with E-state index in [4.69, 9.17) is 0 Å². The second kappa shape index (κ2) is 7.27. The maximum atomic E-state index is 12.8. The average molecular weight is 331 g/mol. The molecule has 0 amide bonds. The summed E-state index contributed by atoms with van der Waals surface area (Å²) in [5, 5.41) is 9.33. The first kappa shape index (κ1) is 17.7. The normalized spacial score (nSPS) is 11.0. The van der Waals surface area contributed by atoms with Gasteiger partial charge in [-0.05, 0) is 32.1 Å². The molecule has 2 aromatic rings. The van der Waals surface area contributed by atoms with E-state index in [0.717, 1.165) is 10.1 Å². The zero-order valence-electron chi connectivity index (χ0n) is 14.0. The average Bonchev–Trinajstić information content (AvgIpc) is 2.55. The fraction of sp³-hybridized carbons (Fsp3) is 0.353. The number of carboxylic acids is 1. The molecule has 24 heavy (non-hydrogen) atoms. The van der Waals surface area contributed by atoms with Gasteiger partial charge in [0, 0.05) is 6.54 Å². The summed E-state index contributed by atoms with van der Waals surface area (Å²) in [5.41, 5.74) is -0.235. The quantitative estimate of drug-likeness (QED) is 0.833. The fourth-order valence-electron chi connectivity index (χ4n) is 2.50. The largest absolute Gasteiger partial charge is 0.477 e. The summed E-state index contributed by atoms with van der Waals surface area (Å²) >= 11 is 0. The number of nitrogens with zero attached hydrogens (tertiary/aromatic N) is 2. The summed E-state index contributed by atoms with van der Waals surface area (Å²) in [7, 11) is 0. The Morgan fingerprint density at radius 1 is 1.17 bits per heavy atom.